The fraction of sp³-hybridized carbons (Fsp3) is 0.455. The van der Waals surface area contributed by atoms with E-state index in [4.69, 9.17) is 11.6 Å². The van der Waals surface area contributed by atoms with Gasteiger partial charge in [-0.2, -0.15) is 0 Å². The van der Waals surface area contributed by atoms with Crippen LogP contribution in [0.2, 0.25) is 5.02 Å². The zero-order chi connectivity index (χ0) is 10.3. The predicted octanol–water partition coefficient (Wildman–Crippen LogP) is 2.42. The Morgan fingerprint density at radius 1 is 1.43 bits per heavy atom. The SMILES string of the molecule is Cc1c(Cl)ccc(O)c1CC1(O)CC1. The number of aromatic hydroxyl groups is 1. The van der Waals surface area contributed by atoms with Gasteiger partial charge in [0, 0.05) is 17.0 Å². The second-order valence-electron chi connectivity index (χ2n) is 4.07. The fourth-order valence-corrected chi connectivity index (χ4v) is 1.76. The van der Waals surface area contributed by atoms with E-state index in [1.54, 1.807) is 12.1 Å². The number of hydrogen-bond acceptors (Lipinski definition) is 2. The van der Waals surface area contributed by atoms with Crippen LogP contribution in [-0.4, -0.2) is 15.8 Å². The molecule has 1 aliphatic carbocycles. The van der Waals surface area contributed by atoms with Gasteiger partial charge in [-0.25, -0.2) is 0 Å². The molecule has 1 aromatic carbocycles. The van der Waals surface area contributed by atoms with Crippen LogP contribution in [0.5, 0.6) is 5.75 Å². The molecule has 1 aromatic rings. The molecule has 2 N–H and O–H groups in total. The van der Waals surface area contributed by atoms with Crippen molar-refractivity contribution >= 4 is 11.6 Å². The first kappa shape index (κ1) is 9.81. The van der Waals surface area contributed by atoms with Crippen LogP contribution in [-0.2, 0) is 6.42 Å². The fourth-order valence-electron chi connectivity index (χ4n) is 1.59. The van der Waals surface area contributed by atoms with Crippen molar-refractivity contribution in [2.75, 3.05) is 0 Å². The number of phenolic OH excluding ortho intramolecular Hbond substituents is 1. The topological polar surface area (TPSA) is 40.5 Å². The zero-order valence-electron chi connectivity index (χ0n) is 8.05. The van der Waals surface area contributed by atoms with Crippen LogP contribution in [0.1, 0.15) is 24.0 Å². The molecule has 0 aromatic heterocycles. The van der Waals surface area contributed by atoms with E-state index < -0.39 is 5.60 Å². The number of phenols is 1. The molecule has 0 spiro atoms. The van der Waals surface area contributed by atoms with Crippen LogP contribution in [0.3, 0.4) is 0 Å². The molecule has 0 unspecified atom stereocenters. The molecule has 2 nitrogen and oxygen atoms in total. The Kier molecular flexibility index (Phi) is 2.20. The maximum absolute atomic E-state index is 9.77. The van der Waals surface area contributed by atoms with Gasteiger partial charge < -0.3 is 10.2 Å². The Balaban J connectivity index is 2.35. The third-order valence-electron chi connectivity index (χ3n) is 2.84. The van der Waals surface area contributed by atoms with Crippen molar-refractivity contribution in [2.45, 2.75) is 31.8 Å². The first-order valence-corrected chi connectivity index (χ1v) is 5.09. The van der Waals surface area contributed by atoms with Gasteiger partial charge in [0.15, 0.2) is 0 Å². The Morgan fingerprint density at radius 2 is 2.07 bits per heavy atom. The van der Waals surface area contributed by atoms with Gasteiger partial charge in [-0.3, -0.25) is 0 Å². The molecule has 1 fully saturated rings. The first-order valence-electron chi connectivity index (χ1n) is 4.71. The van der Waals surface area contributed by atoms with Gasteiger partial charge >= 0.3 is 0 Å². The van der Waals surface area contributed by atoms with Gasteiger partial charge in [0.25, 0.3) is 0 Å². The summed E-state index contributed by atoms with van der Waals surface area (Å²) in [6, 6.07) is 3.25. The third kappa shape index (κ3) is 1.72. The van der Waals surface area contributed by atoms with Gasteiger partial charge in [-0.1, -0.05) is 11.6 Å². The van der Waals surface area contributed by atoms with Crippen molar-refractivity contribution in [3.05, 3.63) is 28.3 Å². The van der Waals surface area contributed by atoms with Crippen molar-refractivity contribution in [3.63, 3.8) is 0 Å². The first-order chi connectivity index (χ1) is 6.52. The molecule has 0 heterocycles. The van der Waals surface area contributed by atoms with Gasteiger partial charge in [-0.05, 0) is 37.5 Å². The second kappa shape index (κ2) is 3.14. The Morgan fingerprint density at radius 3 is 2.64 bits per heavy atom. The van der Waals surface area contributed by atoms with E-state index in [0.717, 1.165) is 24.0 Å². The van der Waals surface area contributed by atoms with Crippen LogP contribution >= 0.6 is 11.6 Å². The van der Waals surface area contributed by atoms with Crippen molar-refractivity contribution in [1.82, 2.24) is 0 Å². The van der Waals surface area contributed by atoms with Crippen LogP contribution in [0.4, 0.5) is 0 Å². The number of aliphatic hydroxyl groups is 1. The normalized spacial score (nSPS) is 18.2. The molecule has 2 rings (SSSR count). The third-order valence-corrected chi connectivity index (χ3v) is 3.25. The van der Waals surface area contributed by atoms with E-state index in [2.05, 4.69) is 0 Å². The Bertz CT molecular complexity index is 370. The summed E-state index contributed by atoms with van der Waals surface area (Å²) in [6.45, 7) is 1.86. The number of rotatable bonds is 2. The van der Waals surface area contributed by atoms with Gasteiger partial charge in [0.05, 0.1) is 5.60 Å². The highest BCUT2D eigenvalue weighted by atomic mass is 35.5. The zero-order valence-corrected chi connectivity index (χ0v) is 8.80. The molecular formula is C11H13ClO2. The summed E-state index contributed by atoms with van der Waals surface area (Å²) in [7, 11) is 0. The standard InChI is InChI=1S/C11H13ClO2/c1-7-8(6-11(14)4-5-11)10(13)3-2-9(7)12/h2-3,13-14H,4-6H2,1H3. The highest BCUT2D eigenvalue weighted by Crippen LogP contribution is 2.41. The van der Waals surface area contributed by atoms with Crippen molar-refractivity contribution in [2.24, 2.45) is 0 Å². The molecule has 3 heteroatoms. The monoisotopic (exact) mass is 212 g/mol. The number of benzene rings is 1. The summed E-state index contributed by atoms with van der Waals surface area (Å²) in [5, 5.41) is 20.0. The van der Waals surface area contributed by atoms with E-state index in [0.29, 0.717) is 11.4 Å². The smallest absolute Gasteiger partial charge is 0.119 e. The van der Waals surface area contributed by atoms with Crippen LogP contribution in [0.15, 0.2) is 12.1 Å². The Labute approximate surface area is 88.1 Å². The largest absolute Gasteiger partial charge is 0.508 e. The minimum Gasteiger partial charge on any atom is -0.508 e. The molecule has 0 aliphatic heterocycles. The van der Waals surface area contributed by atoms with Crippen LogP contribution in [0.25, 0.3) is 0 Å². The lowest BCUT2D eigenvalue weighted by atomic mass is 10.0. The van der Waals surface area contributed by atoms with Crippen molar-refractivity contribution in [3.8, 4) is 5.75 Å². The molecular weight excluding hydrogens is 200 g/mol. The average molecular weight is 213 g/mol. The minimum absolute atomic E-state index is 0.229. The maximum Gasteiger partial charge on any atom is 0.119 e. The van der Waals surface area contributed by atoms with Crippen molar-refractivity contribution in [1.29, 1.82) is 0 Å². The molecule has 0 bridgehead atoms. The van der Waals surface area contributed by atoms with Gasteiger partial charge in [-0.15, -0.1) is 0 Å². The molecule has 1 aliphatic rings. The van der Waals surface area contributed by atoms with Crippen LogP contribution in [0, 0.1) is 6.92 Å². The summed E-state index contributed by atoms with van der Waals surface area (Å²) < 4.78 is 0. The van der Waals surface area contributed by atoms with Gasteiger partial charge in [0.2, 0.25) is 0 Å². The van der Waals surface area contributed by atoms with Crippen molar-refractivity contribution < 1.29 is 10.2 Å². The average Bonchev–Trinajstić information content (AvgIpc) is 2.86. The van der Waals surface area contributed by atoms with E-state index in [1.165, 1.54) is 0 Å². The van der Waals surface area contributed by atoms with Crippen LogP contribution < -0.4 is 0 Å². The molecule has 0 atom stereocenters. The van der Waals surface area contributed by atoms with E-state index in [9.17, 15) is 10.2 Å². The summed E-state index contributed by atoms with van der Waals surface area (Å²) >= 11 is 5.94. The maximum atomic E-state index is 9.77. The predicted molar refractivity (Wildman–Crippen MR) is 55.7 cm³/mol. The molecule has 0 radical (unpaired) electrons. The summed E-state index contributed by atoms with van der Waals surface area (Å²) in [6.07, 6.45) is 2.14. The number of hydrogen-bond donors (Lipinski definition) is 2. The lowest BCUT2D eigenvalue weighted by molar-refractivity contribution is 0.150. The molecule has 0 saturated heterocycles. The highest BCUT2D eigenvalue weighted by molar-refractivity contribution is 6.31. The summed E-state index contributed by atoms with van der Waals surface area (Å²) in [4.78, 5) is 0. The molecule has 0 amide bonds. The molecule has 14 heavy (non-hydrogen) atoms. The molecule has 76 valence electrons. The number of halogens is 1. The molecule has 1 saturated carbocycles. The highest BCUT2D eigenvalue weighted by Gasteiger charge is 2.41. The summed E-state index contributed by atoms with van der Waals surface area (Å²) in [5.41, 5.74) is 1.05. The summed E-state index contributed by atoms with van der Waals surface area (Å²) in [5.74, 6) is 0.229. The van der Waals surface area contributed by atoms with E-state index in [-0.39, 0.29) is 5.75 Å². The Hall–Kier alpha value is -0.730. The van der Waals surface area contributed by atoms with Gasteiger partial charge in [0.1, 0.15) is 5.75 Å². The lowest BCUT2D eigenvalue weighted by Gasteiger charge is -2.13. The van der Waals surface area contributed by atoms with E-state index in [1.807, 2.05) is 6.92 Å². The quantitative estimate of drug-likeness (QED) is 0.791. The second-order valence-corrected chi connectivity index (χ2v) is 4.48. The minimum atomic E-state index is -0.590. The lowest BCUT2D eigenvalue weighted by Crippen LogP contribution is -2.12. The van der Waals surface area contributed by atoms with E-state index >= 15 is 0 Å².